The first-order valence-corrected chi connectivity index (χ1v) is 5.05. The fourth-order valence-electron chi connectivity index (χ4n) is 1.22. The molecule has 0 aliphatic heterocycles. The van der Waals surface area contributed by atoms with Crippen molar-refractivity contribution in [3.05, 3.63) is 28.8 Å². The highest BCUT2D eigenvalue weighted by atomic mass is 35.5. The number of alkyl halides is 3. The minimum absolute atomic E-state index is 0.0792. The third-order valence-corrected chi connectivity index (χ3v) is 2.26. The van der Waals surface area contributed by atoms with Crippen LogP contribution in [0.4, 0.5) is 13.2 Å². The van der Waals surface area contributed by atoms with Gasteiger partial charge in [-0.2, -0.15) is 0 Å². The van der Waals surface area contributed by atoms with Crippen molar-refractivity contribution in [1.82, 2.24) is 0 Å². The number of rotatable bonds is 4. The largest absolute Gasteiger partial charge is 0.573 e. The molecule has 0 heterocycles. The molecule has 1 atom stereocenters. The lowest BCUT2D eigenvalue weighted by molar-refractivity contribution is -0.274. The number of hydrogen-bond acceptors (Lipinski definition) is 3. The molecule has 17 heavy (non-hydrogen) atoms. The molecule has 2 N–H and O–H groups in total. The highest BCUT2D eigenvalue weighted by molar-refractivity contribution is 6.32. The standard InChI is InChI=1S/C10H10ClF3O3/c11-7-5-6(8(16)3-4-15)1-2-9(7)17-10(12,13)14/h1-2,5,8,15-16H,3-4H2. The third-order valence-electron chi connectivity index (χ3n) is 1.97. The molecule has 3 nitrogen and oxygen atoms in total. The van der Waals surface area contributed by atoms with Crippen molar-refractivity contribution in [2.75, 3.05) is 6.61 Å². The van der Waals surface area contributed by atoms with Gasteiger partial charge in [-0.15, -0.1) is 13.2 Å². The Hall–Kier alpha value is -0.980. The van der Waals surface area contributed by atoms with Crippen LogP contribution >= 0.6 is 11.6 Å². The van der Waals surface area contributed by atoms with E-state index < -0.39 is 18.2 Å². The number of aliphatic hydroxyl groups excluding tert-OH is 2. The quantitative estimate of drug-likeness (QED) is 0.884. The van der Waals surface area contributed by atoms with Crippen LogP contribution in [0.3, 0.4) is 0 Å². The number of halogens is 4. The fourth-order valence-corrected chi connectivity index (χ4v) is 1.45. The van der Waals surface area contributed by atoms with Crippen LogP contribution in [0.5, 0.6) is 5.75 Å². The van der Waals surface area contributed by atoms with E-state index in [1.165, 1.54) is 12.1 Å². The van der Waals surface area contributed by atoms with E-state index in [4.69, 9.17) is 16.7 Å². The minimum atomic E-state index is -4.81. The maximum absolute atomic E-state index is 11.9. The second-order valence-corrected chi connectivity index (χ2v) is 3.67. The summed E-state index contributed by atoms with van der Waals surface area (Å²) in [4.78, 5) is 0. The molecule has 0 saturated heterocycles. The summed E-state index contributed by atoms with van der Waals surface area (Å²) in [6, 6.07) is 3.45. The van der Waals surface area contributed by atoms with Crippen molar-refractivity contribution in [3.8, 4) is 5.75 Å². The van der Waals surface area contributed by atoms with Crippen molar-refractivity contribution in [1.29, 1.82) is 0 Å². The summed E-state index contributed by atoms with van der Waals surface area (Å²) in [5.41, 5.74) is 0.318. The predicted molar refractivity (Wildman–Crippen MR) is 54.8 cm³/mol. The normalized spacial score (nSPS) is 13.5. The first kappa shape index (κ1) is 14.1. The van der Waals surface area contributed by atoms with Gasteiger partial charge in [0.25, 0.3) is 0 Å². The van der Waals surface area contributed by atoms with Crippen molar-refractivity contribution in [2.45, 2.75) is 18.9 Å². The molecule has 1 aromatic carbocycles. The van der Waals surface area contributed by atoms with Crippen LogP contribution < -0.4 is 4.74 Å². The van der Waals surface area contributed by atoms with E-state index in [1.807, 2.05) is 0 Å². The van der Waals surface area contributed by atoms with E-state index >= 15 is 0 Å². The van der Waals surface area contributed by atoms with Gasteiger partial charge in [0.1, 0.15) is 5.75 Å². The van der Waals surface area contributed by atoms with Crippen molar-refractivity contribution in [2.24, 2.45) is 0 Å². The average molecular weight is 271 g/mol. The number of aliphatic hydroxyl groups is 2. The van der Waals surface area contributed by atoms with Crippen LogP contribution in [-0.4, -0.2) is 23.2 Å². The molecule has 1 aromatic rings. The summed E-state index contributed by atoms with van der Waals surface area (Å²) in [6.07, 6.45) is -5.71. The topological polar surface area (TPSA) is 49.7 Å². The molecule has 96 valence electrons. The maximum Gasteiger partial charge on any atom is 0.573 e. The SMILES string of the molecule is OCCC(O)c1ccc(OC(F)(F)F)c(Cl)c1. The van der Waals surface area contributed by atoms with Gasteiger partial charge in [0.15, 0.2) is 0 Å². The highest BCUT2D eigenvalue weighted by Gasteiger charge is 2.32. The zero-order valence-corrected chi connectivity index (χ0v) is 9.29. The van der Waals surface area contributed by atoms with Gasteiger partial charge in [0.2, 0.25) is 0 Å². The van der Waals surface area contributed by atoms with Gasteiger partial charge in [0, 0.05) is 13.0 Å². The molecule has 7 heteroatoms. The molecule has 0 aliphatic rings. The zero-order valence-electron chi connectivity index (χ0n) is 8.54. The zero-order chi connectivity index (χ0) is 13.1. The lowest BCUT2D eigenvalue weighted by atomic mass is 10.1. The van der Waals surface area contributed by atoms with Gasteiger partial charge in [0.05, 0.1) is 11.1 Å². The molecule has 0 fully saturated rings. The molecule has 1 unspecified atom stereocenters. The Bertz CT molecular complexity index is 382. The lowest BCUT2D eigenvalue weighted by Crippen LogP contribution is -2.17. The molecule has 0 amide bonds. The summed E-state index contributed by atoms with van der Waals surface area (Å²) in [6.45, 7) is -0.237. The van der Waals surface area contributed by atoms with E-state index in [0.717, 1.165) is 6.07 Å². The van der Waals surface area contributed by atoms with Gasteiger partial charge in [-0.25, -0.2) is 0 Å². The molecule has 0 bridgehead atoms. The molecule has 0 saturated carbocycles. The Morgan fingerprint density at radius 1 is 1.35 bits per heavy atom. The third kappa shape index (κ3) is 4.41. The second kappa shape index (κ2) is 5.57. The summed E-state index contributed by atoms with van der Waals surface area (Å²) >= 11 is 5.58. The predicted octanol–water partition coefficient (Wildman–Crippen LogP) is 2.65. The molecule has 0 spiro atoms. The Morgan fingerprint density at radius 2 is 2.00 bits per heavy atom. The first-order chi connectivity index (χ1) is 7.83. The van der Waals surface area contributed by atoms with Crippen LogP contribution in [0.2, 0.25) is 5.02 Å². The van der Waals surface area contributed by atoms with E-state index in [9.17, 15) is 18.3 Å². The molecule has 0 radical (unpaired) electrons. The van der Waals surface area contributed by atoms with Crippen LogP contribution in [-0.2, 0) is 0 Å². The number of hydrogen-bond donors (Lipinski definition) is 2. The van der Waals surface area contributed by atoms with Gasteiger partial charge in [-0.05, 0) is 17.7 Å². The Labute approximate surface area is 100 Å². The van der Waals surface area contributed by atoms with Crippen LogP contribution in [0.1, 0.15) is 18.1 Å². The van der Waals surface area contributed by atoms with Crippen molar-refractivity contribution < 1.29 is 28.1 Å². The van der Waals surface area contributed by atoms with E-state index in [0.29, 0.717) is 5.56 Å². The highest BCUT2D eigenvalue weighted by Crippen LogP contribution is 2.32. The number of ether oxygens (including phenoxy) is 1. The maximum atomic E-state index is 11.9. The van der Waals surface area contributed by atoms with E-state index in [-0.39, 0.29) is 18.1 Å². The molecule has 1 rings (SSSR count). The summed E-state index contributed by atoms with van der Waals surface area (Å²) in [5, 5.41) is 17.8. The fraction of sp³-hybridized carbons (Fsp3) is 0.400. The Kier molecular flexibility index (Phi) is 4.62. The van der Waals surface area contributed by atoms with E-state index in [1.54, 1.807) is 0 Å². The van der Waals surface area contributed by atoms with Gasteiger partial charge in [-0.3, -0.25) is 0 Å². The smallest absolute Gasteiger partial charge is 0.404 e. The Morgan fingerprint density at radius 3 is 2.47 bits per heavy atom. The second-order valence-electron chi connectivity index (χ2n) is 3.27. The van der Waals surface area contributed by atoms with E-state index in [2.05, 4.69) is 4.74 Å². The molecule has 0 aromatic heterocycles. The van der Waals surface area contributed by atoms with Crippen LogP contribution in [0.15, 0.2) is 18.2 Å². The first-order valence-electron chi connectivity index (χ1n) is 4.67. The molecule has 0 aliphatic carbocycles. The average Bonchev–Trinajstić information content (AvgIpc) is 2.19. The summed E-state index contributed by atoms with van der Waals surface area (Å²) in [5.74, 6) is -0.529. The monoisotopic (exact) mass is 270 g/mol. The van der Waals surface area contributed by atoms with Gasteiger partial charge in [-0.1, -0.05) is 17.7 Å². The van der Waals surface area contributed by atoms with Gasteiger partial charge >= 0.3 is 6.36 Å². The molecular weight excluding hydrogens is 261 g/mol. The van der Waals surface area contributed by atoms with Crippen LogP contribution in [0.25, 0.3) is 0 Å². The van der Waals surface area contributed by atoms with Crippen molar-refractivity contribution >= 4 is 11.6 Å². The Balaban J connectivity index is 2.86. The van der Waals surface area contributed by atoms with Gasteiger partial charge < -0.3 is 14.9 Å². The summed E-state index contributed by atoms with van der Waals surface area (Å²) < 4.78 is 39.5. The molecular formula is C10H10ClF3O3. The number of benzene rings is 1. The van der Waals surface area contributed by atoms with Crippen molar-refractivity contribution in [3.63, 3.8) is 0 Å². The minimum Gasteiger partial charge on any atom is -0.404 e. The van der Waals surface area contributed by atoms with Crippen LogP contribution in [0, 0.1) is 0 Å². The summed E-state index contributed by atoms with van der Waals surface area (Å²) in [7, 11) is 0. The lowest BCUT2D eigenvalue weighted by Gasteiger charge is -2.13.